The van der Waals surface area contributed by atoms with E-state index in [0.717, 1.165) is 67.1 Å². The molecule has 6 nitrogen and oxygen atoms in total. The van der Waals surface area contributed by atoms with Gasteiger partial charge in [0.1, 0.15) is 6.61 Å². The maximum Gasteiger partial charge on any atom is 0.338 e. The van der Waals surface area contributed by atoms with Crippen LogP contribution in [-0.2, 0) is 27.6 Å². The highest BCUT2D eigenvalue weighted by atomic mass is 32.2. The number of ether oxygens (including phenoxy) is 1. The Labute approximate surface area is 207 Å². The van der Waals surface area contributed by atoms with Crippen LogP contribution in [0.1, 0.15) is 58.8 Å². The van der Waals surface area contributed by atoms with Gasteiger partial charge in [-0.1, -0.05) is 6.07 Å². The largest absolute Gasteiger partial charge is 0.457 e. The predicted octanol–water partition coefficient (Wildman–Crippen LogP) is 4.35. The second kappa shape index (κ2) is 8.20. The zero-order chi connectivity index (χ0) is 24.4. The summed E-state index contributed by atoms with van der Waals surface area (Å²) in [5.74, 6) is -0.196. The van der Waals surface area contributed by atoms with Gasteiger partial charge in [-0.2, -0.15) is 0 Å². The molecule has 0 atom stereocenters. The van der Waals surface area contributed by atoms with E-state index in [1.54, 1.807) is 6.07 Å². The van der Waals surface area contributed by atoms with Crippen LogP contribution in [0.15, 0.2) is 40.6 Å². The van der Waals surface area contributed by atoms with Crippen molar-refractivity contribution in [1.82, 2.24) is 4.90 Å². The lowest BCUT2D eigenvalue weighted by molar-refractivity contribution is 0.0535. The summed E-state index contributed by atoms with van der Waals surface area (Å²) in [5.41, 5.74) is 7.51. The van der Waals surface area contributed by atoms with Crippen LogP contribution in [0.5, 0.6) is 0 Å². The van der Waals surface area contributed by atoms with Gasteiger partial charge in [0.2, 0.25) is 9.84 Å². The van der Waals surface area contributed by atoms with E-state index >= 15 is 0 Å². The van der Waals surface area contributed by atoms with Crippen LogP contribution < -0.4 is 4.90 Å². The van der Waals surface area contributed by atoms with E-state index in [2.05, 4.69) is 28.9 Å². The van der Waals surface area contributed by atoms with Crippen LogP contribution in [0.3, 0.4) is 0 Å². The molecule has 35 heavy (non-hydrogen) atoms. The number of fused-ring (bicyclic) bond motifs is 2. The fourth-order valence-electron chi connectivity index (χ4n) is 6.39. The molecule has 0 unspecified atom stereocenters. The summed E-state index contributed by atoms with van der Waals surface area (Å²) in [5, 5.41) is 1.39. The molecule has 0 aliphatic carbocycles. The lowest BCUT2D eigenvalue weighted by Gasteiger charge is -2.39. The van der Waals surface area contributed by atoms with Gasteiger partial charge in [-0.05, 0) is 105 Å². The number of esters is 1. The molecule has 0 saturated carbocycles. The van der Waals surface area contributed by atoms with Gasteiger partial charge in [0.15, 0.2) is 0 Å². The van der Waals surface area contributed by atoms with Gasteiger partial charge in [0.05, 0.1) is 10.5 Å². The Kier molecular flexibility index (Phi) is 5.34. The molecular weight excluding hydrogens is 460 g/mol. The van der Waals surface area contributed by atoms with E-state index in [4.69, 9.17) is 4.74 Å². The molecule has 4 heterocycles. The van der Waals surface area contributed by atoms with Crippen molar-refractivity contribution in [2.24, 2.45) is 5.41 Å². The highest BCUT2D eigenvalue weighted by Crippen LogP contribution is 2.43. The smallest absolute Gasteiger partial charge is 0.338 e. The molecule has 0 bridgehead atoms. The first-order valence-electron chi connectivity index (χ1n) is 12.6. The van der Waals surface area contributed by atoms with E-state index in [1.165, 1.54) is 35.8 Å². The van der Waals surface area contributed by atoms with Crippen LogP contribution in [0.2, 0.25) is 0 Å². The van der Waals surface area contributed by atoms with Crippen LogP contribution in [0.4, 0.5) is 5.69 Å². The highest BCUT2D eigenvalue weighted by Gasteiger charge is 2.41. The number of likely N-dealkylation sites (tertiary alicyclic amines) is 1. The molecule has 6 rings (SSSR count). The number of sulfone groups is 1. The predicted molar refractivity (Wildman–Crippen MR) is 136 cm³/mol. The average molecular weight is 493 g/mol. The summed E-state index contributed by atoms with van der Waals surface area (Å²) >= 11 is 0. The van der Waals surface area contributed by atoms with Crippen molar-refractivity contribution in [2.45, 2.75) is 51.0 Å². The number of hydrogen-bond donors (Lipinski definition) is 0. The van der Waals surface area contributed by atoms with Crippen LogP contribution >= 0.6 is 0 Å². The lowest BCUT2D eigenvalue weighted by Crippen LogP contribution is -2.42. The fourth-order valence-corrected chi connectivity index (χ4v) is 7.90. The molecule has 0 aromatic heterocycles. The highest BCUT2D eigenvalue weighted by molar-refractivity contribution is 7.95. The maximum atomic E-state index is 12.3. The molecule has 0 N–H and O–H groups in total. The van der Waals surface area contributed by atoms with Gasteiger partial charge in [0.25, 0.3) is 0 Å². The van der Waals surface area contributed by atoms with Crippen molar-refractivity contribution in [3.8, 4) is 0 Å². The minimum atomic E-state index is -3.27. The quantitative estimate of drug-likeness (QED) is 0.592. The van der Waals surface area contributed by atoms with E-state index in [0.29, 0.717) is 16.9 Å². The Morgan fingerprint density at radius 3 is 2.57 bits per heavy atom. The van der Waals surface area contributed by atoms with E-state index in [9.17, 15) is 13.2 Å². The lowest BCUT2D eigenvalue weighted by atomic mass is 9.77. The Bertz CT molecular complexity index is 1350. The third-order valence-corrected chi connectivity index (χ3v) is 10.4. The number of cyclic esters (lactones) is 1. The van der Waals surface area contributed by atoms with Gasteiger partial charge in [-0.15, -0.1) is 0 Å². The molecule has 184 valence electrons. The number of carbonyl (C=O) groups excluding carboxylic acids is 1. The second-order valence-corrected chi connectivity index (χ2v) is 12.5. The van der Waals surface area contributed by atoms with E-state index in [1.807, 2.05) is 19.1 Å². The summed E-state index contributed by atoms with van der Waals surface area (Å²) in [7, 11) is -3.27. The molecule has 0 amide bonds. The number of benzene rings is 2. The third-order valence-electron chi connectivity index (χ3n) is 8.72. The number of hydrogen-bond acceptors (Lipinski definition) is 6. The molecule has 2 fully saturated rings. The zero-order valence-electron chi connectivity index (χ0n) is 20.5. The van der Waals surface area contributed by atoms with Crippen LogP contribution in [-0.4, -0.2) is 52.0 Å². The first-order valence-corrected chi connectivity index (χ1v) is 14.1. The third kappa shape index (κ3) is 3.89. The molecule has 1 spiro atoms. The van der Waals surface area contributed by atoms with Crippen molar-refractivity contribution in [3.05, 3.63) is 63.6 Å². The number of anilines is 1. The van der Waals surface area contributed by atoms with Gasteiger partial charge >= 0.3 is 5.97 Å². The number of carbonyl (C=O) groups is 1. The summed E-state index contributed by atoms with van der Waals surface area (Å²) in [6.07, 6.45) is 4.60. The minimum absolute atomic E-state index is 0.196. The zero-order valence-corrected chi connectivity index (χ0v) is 21.3. The molecule has 2 aromatic carbocycles. The van der Waals surface area contributed by atoms with Crippen molar-refractivity contribution < 1.29 is 17.9 Å². The second-order valence-electron chi connectivity index (χ2n) is 10.7. The molecule has 0 radical (unpaired) electrons. The molecule has 2 aromatic rings. The summed E-state index contributed by atoms with van der Waals surface area (Å²) in [6, 6.07) is 9.85. The standard InChI is InChI=1S/C28H32N2O4S/c1-19-17-35(32,33)26-6-4-22(15-24(19)26)30-14-10-28(18-30)8-12-29(13-9-28)11-7-21-3-5-23-25(20(21)2)16-34-27(23)31/h3-6,15,17H,7-14,16,18H2,1-2H3. The Hall–Kier alpha value is -2.64. The average Bonchev–Trinajstić information content (AvgIpc) is 3.49. The van der Waals surface area contributed by atoms with Crippen molar-refractivity contribution in [1.29, 1.82) is 0 Å². The first kappa shape index (κ1) is 22.8. The summed E-state index contributed by atoms with van der Waals surface area (Å²) < 4.78 is 29.8. The Morgan fingerprint density at radius 1 is 1.00 bits per heavy atom. The normalized spacial score (nSPS) is 22.3. The molecule has 7 heteroatoms. The Balaban J connectivity index is 1.07. The van der Waals surface area contributed by atoms with Gasteiger partial charge in [-0.25, -0.2) is 13.2 Å². The number of piperidine rings is 1. The SMILES string of the molecule is CC1=CS(=O)(=O)c2ccc(N3CCC4(CCN(CCc5ccc6c(c5C)COC6=O)CC4)C3)cc21. The number of nitrogens with zero attached hydrogens (tertiary/aromatic N) is 2. The summed E-state index contributed by atoms with van der Waals surface area (Å²) in [6.45, 7) is 9.75. The molecule has 2 saturated heterocycles. The van der Waals surface area contributed by atoms with Crippen LogP contribution in [0.25, 0.3) is 5.57 Å². The molecule has 4 aliphatic heterocycles. The monoisotopic (exact) mass is 492 g/mol. The summed E-state index contributed by atoms with van der Waals surface area (Å²) in [4.78, 5) is 17.3. The van der Waals surface area contributed by atoms with Crippen LogP contribution in [0, 0.1) is 12.3 Å². The topological polar surface area (TPSA) is 66.9 Å². The van der Waals surface area contributed by atoms with Crippen molar-refractivity contribution >= 4 is 27.1 Å². The van der Waals surface area contributed by atoms with Gasteiger partial charge < -0.3 is 14.5 Å². The van der Waals surface area contributed by atoms with Gasteiger partial charge in [0, 0.05) is 36.3 Å². The minimum Gasteiger partial charge on any atom is -0.457 e. The maximum absolute atomic E-state index is 12.3. The molecular formula is C28H32N2O4S. The van der Waals surface area contributed by atoms with E-state index in [-0.39, 0.29) is 5.97 Å². The number of allylic oxidation sites excluding steroid dienone is 1. The molecule has 4 aliphatic rings. The first-order chi connectivity index (χ1) is 16.7. The Morgan fingerprint density at radius 2 is 1.77 bits per heavy atom. The van der Waals surface area contributed by atoms with E-state index < -0.39 is 9.84 Å². The van der Waals surface area contributed by atoms with Crippen molar-refractivity contribution in [3.63, 3.8) is 0 Å². The van der Waals surface area contributed by atoms with Gasteiger partial charge in [-0.3, -0.25) is 0 Å². The fraction of sp³-hybridized carbons (Fsp3) is 0.464. The number of rotatable bonds is 4. The van der Waals surface area contributed by atoms with Crippen molar-refractivity contribution in [2.75, 3.05) is 37.6 Å².